The van der Waals surface area contributed by atoms with Crippen molar-refractivity contribution in [2.45, 2.75) is 25.3 Å². The zero-order chi connectivity index (χ0) is 18.5. The number of benzene rings is 1. The Morgan fingerprint density at radius 1 is 1.35 bits per heavy atom. The molecule has 26 heavy (non-hydrogen) atoms. The highest BCUT2D eigenvalue weighted by Gasteiger charge is 2.30. The number of hydrogen-bond donors (Lipinski definition) is 0. The van der Waals surface area contributed by atoms with Gasteiger partial charge in [-0.1, -0.05) is 11.7 Å². The van der Waals surface area contributed by atoms with Gasteiger partial charge in [0.05, 0.1) is 12.6 Å². The van der Waals surface area contributed by atoms with Gasteiger partial charge in [0, 0.05) is 24.3 Å². The summed E-state index contributed by atoms with van der Waals surface area (Å²) in [5.41, 5.74) is 0.705. The van der Waals surface area contributed by atoms with E-state index in [1.165, 1.54) is 29.6 Å². The molecule has 0 fully saturated rings. The minimum atomic E-state index is -0.691. The molecule has 3 rings (SSSR count). The van der Waals surface area contributed by atoms with E-state index in [4.69, 9.17) is 4.74 Å². The molecule has 1 atom stereocenters. The summed E-state index contributed by atoms with van der Waals surface area (Å²) in [7, 11) is 0. The van der Waals surface area contributed by atoms with Crippen LogP contribution in [0.3, 0.4) is 0 Å². The summed E-state index contributed by atoms with van der Waals surface area (Å²) in [6.45, 7) is 4.17. The van der Waals surface area contributed by atoms with E-state index in [2.05, 4.69) is 21.4 Å². The van der Waals surface area contributed by atoms with E-state index in [1.54, 1.807) is 6.21 Å². The van der Waals surface area contributed by atoms with Crippen molar-refractivity contribution in [3.63, 3.8) is 0 Å². The zero-order valence-electron chi connectivity index (χ0n) is 13.9. The molecule has 6 nitrogen and oxygen atoms in total. The topological polar surface area (TPSA) is 67.9 Å². The number of carbonyl (C=O) groups excluding carboxylic acids is 1. The Kier molecular flexibility index (Phi) is 5.40. The van der Waals surface area contributed by atoms with Crippen molar-refractivity contribution in [3.8, 4) is 5.75 Å². The number of hydrazone groups is 1. The minimum Gasteiger partial charge on any atom is -0.488 e. The van der Waals surface area contributed by atoms with Crippen LogP contribution in [0.2, 0.25) is 0 Å². The van der Waals surface area contributed by atoms with E-state index >= 15 is 0 Å². The lowest BCUT2D eigenvalue weighted by molar-refractivity contribution is -0.129. The molecule has 136 valence electrons. The van der Waals surface area contributed by atoms with Crippen molar-refractivity contribution in [2.24, 2.45) is 5.10 Å². The molecule has 0 radical (unpaired) electrons. The molecule has 0 bridgehead atoms. The van der Waals surface area contributed by atoms with Crippen LogP contribution in [0.25, 0.3) is 0 Å². The zero-order valence-corrected chi connectivity index (χ0v) is 13.9. The molecule has 0 N–H and O–H groups in total. The van der Waals surface area contributed by atoms with Gasteiger partial charge < -0.3 is 9.26 Å². The molecule has 0 saturated heterocycles. The minimum absolute atomic E-state index is 0.347. The molecule has 1 aliphatic rings. The summed E-state index contributed by atoms with van der Waals surface area (Å²) < 4.78 is 37.0. The monoisotopic (exact) mass is 361 g/mol. The highest BCUT2D eigenvalue weighted by molar-refractivity contribution is 5.94. The van der Waals surface area contributed by atoms with Gasteiger partial charge in [-0.3, -0.25) is 4.79 Å². The fraction of sp³-hybridized carbons (Fsp3) is 0.278. The molecule has 8 heteroatoms. The van der Waals surface area contributed by atoms with Gasteiger partial charge in [-0.15, -0.1) is 0 Å². The first-order valence-corrected chi connectivity index (χ1v) is 8.06. The molecule has 1 amide bonds. The Balaban J connectivity index is 1.56. The molecule has 0 spiro atoms. The van der Waals surface area contributed by atoms with E-state index in [9.17, 15) is 13.6 Å². The molecular weight excluding hydrogens is 344 g/mol. The smallest absolute Gasteiger partial charge is 0.269 e. The fourth-order valence-electron chi connectivity index (χ4n) is 2.67. The first kappa shape index (κ1) is 17.8. The molecule has 1 aromatic heterocycles. The number of ether oxygens (including phenoxy) is 1. The number of hydrogen-bond acceptors (Lipinski definition) is 5. The van der Waals surface area contributed by atoms with Crippen molar-refractivity contribution in [1.82, 2.24) is 10.2 Å². The number of aromatic nitrogens is 1. The van der Waals surface area contributed by atoms with Crippen molar-refractivity contribution >= 4 is 12.1 Å². The normalized spacial score (nSPS) is 16.1. The average Bonchev–Trinajstić information content (AvgIpc) is 3.28. The highest BCUT2D eigenvalue weighted by Crippen LogP contribution is 2.30. The lowest BCUT2D eigenvalue weighted by atomic mass is 10.0. The van der Waals surface area contributed by atoms with Gasteiger partial charge in [-0.2, -0.15) is 5.10 Å². The molecule has 0 aliphatic carbocycles. The van der Waals surface area contributed by atoms with Gasteiger partial charge >= 0.3 is 0 Å². The van der Waals surface area contributed by atoms with Gasteiger partial charge in [0.1, 0.15) is 17.8 Å². The average molecular weight is 361 g/mol. The fourth-order valence-corrected chi connectivity index (χ4v) is 2.67. The van der Waals surface area contributed by atoms with Crippen molar-refractivity contribution in [3.05, 3.63) is 60.0 Å². The summed E-state index contributed by atoms with van der Waals surface area (Å²) >= 11 is 0. The highest BCUT2D eigenvalue weighted by atomic mass is 19.1. The maximum atomic E-state index is 13.5. The molecule has 1 aliphatic heterocycles. The van der Waals surface area contributed by atoms with Gasteiger partial charge in [-0.25, -0.2) is 13.8 Å². The lowest BCUT2D eigenvalue weighted by Crippen LogP contribution is -2.28. The third kappa shape index (κ3) is 4.14. The first-order chi connectivity index (χ1) is 12.5. The Labute approximate surface area is 148 Å². The van der Waals surface area contributed by atoms with Gasteiger partial charge in [0.2, 0.25) is 0 Å². The standard InChI is InChI=1S/C18H17F2N3O3/c1-12(3-2-6-25-16-10-22-26-11-16)18(24)23-17(4-5-21-23)13-7-14(19)9-15(20)8-13/h5,7-11,17H,1-4,6H2. The third-order valence-electron chi connectivity index (χ3n) is 3.91. The predicted molar refractivity (Wildman–Crippen MR) is 89.4 cm³/mol. The molecular formula is C18H17F2N3O3. The molecule has 2 aromatic rings. The predicted octanol–water partition coefficient (Wildman–Crippen LogP) is 3.63. The van der Waals surface area contributed by atoms with Crippen molar-refractivity contribution in [1.29, 1.82) is 0 Å². The van der Waals surface area contributed by atoms with Crippen LogP contribution in [-0.4, -0.2) is 28.9 Å². The largest absolute Gasteiger partial charge is 0.488 e. The van der Waals surface area contributed by atoms with E-state index in [1.807, 2.05) is 0 Å². The number of halogens is 2. The summed E-state index contributed by atoms with van der Waals surface area (Å²) in [4.78, 5) is 12.6. The van der Waals surface area contributed by atoms with Crippen LogP contribution in [0.1, 0.15) is 30.9 Å². The first-order valence-electron chi connectivity index (χ1n) is 8.06. The summed E-state index contributed by atoms with van der Waals surface area (Å²) in [5, 5.41) is 8.78. The number of carbonyl (C=O) groups is 1. The van der Waals surface area contributed by atoms with Crippen molar-refractivity contribution < 1.29 is 22.8 Å². The van der Waals surface area contributed by atoms with Crippen LogP contribution in [0.4, 0.5) is 8.78 Å². The van der Waals surface area contributed by atoms with Crippen LogP contribution in [0, 0.1) is 11.6 Å². The molecule has 1 aromatic carbocycles. The molecule has 2 heterocycles. The third-order valence-corrected chi connectivity index (χ3v) is 3.91. The van der Waals surface area contributed by atoms with E-state index < -0.39 is 17.7 Å². The Morgan fingerprint density at radius 3 is 2.81 bits per heavy atom. The Morgan fingerprint density at radius 2 is 2.12 bits per heavy atom. The Bertz CT molecular complexity index is 801. The second kappa shape index (κ2) is 7.90. The summed E-state index contributed by atoms with van der Waals surface area (Å²) in [6.07, 6.45) is 5.72. The SMILES string of the molecule is C=C(CCCOc1cnoc1)C(=O)N1N=CCC1c1cc(F)cc(F)c1. The number of nitrogens with zero attached hydrogens (tertiary/aromatic N) is 3. The second-order valence-corrected chi connectivity index (χ2v) is 5.82. The maximum absolute atomic E-state index is 13.5. The van der Waals surface area contributed by atoms with Crippen LogP contribution in [-0.2, 0) is 4.79 Å². The maximum Gasteiger partial charge on any atom is 0.269 e. The van der Waals surface area contributed by atoms with E-state index in [-0.39, 0.29) is 5.91 Å². The van der Waals surface area contributed by atoms with Gasteiger partial charge in [-0.05, 0) is 30.5 Å². The summed E-state index contributed by atoms with van der Waals surface area (Å²) in [6, 6.07) is 2.66. The van der Waals surface area contributed by atoms with Crippen LogP contribution in [0.15, 0.2) is 52.4 Å². The van der Waals surface area contributed by atoms with Gasteiger partial charge in [0.15, 0.2) is 12.0 Å². The summed E-state index contributed by atoms with van der Waals surface area (Å²) in [5.74, 6) is -1.24. The Hall–Kier alpha value is -3.03. The lowest BCUT2D eigenvalue weighted by Gasteiger charge is -2.23. The molecule has 1 unspecified atom stereocenters. The van der Waals surface area contributed by atoms with Crippen LogP contribution in [0.5, 0.6) is 5.75 Å². The van der Waals surface area contributed by atoms with Gasteiger partial charge in [0.25, 0.3) is 5.91 Å². The van der Waals surface area contributed by atoms with Crippen molar-refractivity contribution in [2.75, 3.05) is 6.61 Å². The molecule has 0 saturated carbocycles. The van der Waals surface area contributed by atoms with E-state index in [0.717, 1.165) is 6.07 Å². The quantitative estimate of drug-likeness (QED) is 0.558. The number of rotatable bonds is 7. The van der Waals surface area contributed by atoms with Crippen LogP contribution >= 0.6 is 0 Å². The second-order valence-electron chi connectivity index (χ2n) is 5.82. The van der Waals surface area contributed by atoms with E-state index in [0.29, 0.717) is 42.8 Å². The number of amides is 1. The van der Waals surface area contributed by atoms with Crippen LogP contribution < -0.4 is 4.74 Å².